The van der Waals surface area contributed by atoms with Crippen molar-refractivity contribution in [3.05, 3.63) is 52.8 Å². The van der Waals surface area contributed by atoms with Gasteiger partial charge in [-0.2, -0.15) is 5.10 Å². The second kappa shape index (κ2) is 6.22. The standard InChI is InChI=1S/C15H20ClN3/c1-4-17-14(15-13(16)10-18-19(15)3)11(2)12-8-6-5-7-9-12/h5-11,14,17H,4H2,1-3H3. The highest BCUT2D eigenvalue weighted by molar-refractivity contribution is 6.31. The topological polar surface area (TPSA) is 29.9 Å². The largest absolute Gasteiger partial charge is 0.308 e. The van der Waals surface area contributed by atoms with Crippen LogP contribution in [0.4, 0.5) is 0 Å². The Bertz CT molecular complexity index is 502. The summed E-state index contributed by atoms with van der Waals surface area (Å²) in [6, 6.07) is 10.6. The van der Waals surface area contributed by atoms with E-state index in [4.69, 9.17) is 11.6 Å². The molecule has 0 radical (unpaired) electrons. The summed E-state index contributed by atoms with van der Waals surface area (Å²) in [6.45, 7) is 5.21. The first kappa shape index (κ1) is 14.1. The molecule has 2 atom stereocenters. The first-order valence-electron chi connectivity index (χ1n) is 6.60. The van der Waals surface area contributed by atoms with Gasteiger partial charge in [0.15, 0.2) is 0 Å². The Hall–Kier alpha value is -1.32. The van der Waals surface area contributed by atoms with Gasteiger partial charge in [-0.05, 0) is 12.1 Å². The highest BCUT2D eigenvalue weighted by atomic mass is 35.5. The molecule has 0 saturated heterocycles. The second-order valence-corrected chi connectivity index (χ2v) is 5.14. The molecule has 102 valence electrons. The smallest absolute Gasteiger partial charge is 0.0834 e. The van der Waals surface area contributed by atoms with E-state index < -0.39 is 0 Å². The fraction of sp³-hybridized carbons (Fsp3) is 0.400. The lowest BCUT2D eigenvalue weighted by Gasteiger charge is -2.26. The van der Waals surface area contributed by atoms with E-state index in [9.17, 15) is 0 Å². The Morgan fingerprint density at radius 3 is 2.53 bits per heavy atom. The van der Waals surface area contributed by atoms with Gasteiger partial charge in [0.1, 0.15) is 0 Å². The maximum Gasteiger partial charge on any atom is 0.0834 e. The van der Waals surface area contributed by atoms with Gasteiger partial charge in [-0.25, -0.2) is 0 Å². The molecule has 3 nitrogen and oxygen atoms in total. The molecule has 0 amide bonds. The first-order valence-corrected chi connectivity index (χ1v) is 6.98. The average molecular weight is 278 g/mol. The van der Waals surface area contributed by atoms with Crippen molar-refractivity contribution in [3.8, 4) is 0 Å². The molecule has 0 saturated carbocycles. The van der Waals surface area contributed by atoms with Crippen molar-refractivity contribution in [1.29, 1.82) is 0 Å². The molecule has 0 aliphatic carbocycles. The van der Waals surface area contributed by atoms with E-state index in [2.05, 4.69) is 48.5 Å². The van der Waals surface area contributed by atoms with Gasteiger partial charge in [0.05, 0.1) is 23.0 Å². The zero-order valence-corrected chi connectivity index (χ0v) is 12.4. The van der Waals surface area contributed by atoms with Crippen LogP contribution in [0.5, 0.6) is 0 Å². The maximum atomic E-state index is 6.28. The van der Waals surface area contributed by atoms with Crippen LogP contribution in [0.2, 0.25) is 5.02 Å². The van der Waals surface area contributed by atoms with E-state index in [1.165, 1.54) is 5.56 Å². The van der Waals surface area contributed by atoms with Gasteiger partial charge in [-0.15, -0.1) is 0 Å². The summed E-state index contributed by atoms with van der Waals surface area (Å²) in [7, 11) is 1.93. The molecule has 1 heterocycles. The summed E-state index contributed by atoms with van der Waals surface area (Å²) in [4.78, 5) is 0. The third kappa shape index (κ3) is 2.99. The highest BCUT2D eigenvalue weighted by Gasteiger charge is 2.25. The van der Waals surface area contributed by atoms with Crippen LogP contribution in [0.15, 0.2) is 36.5 Å². The molecule has 2 unspecified atom stereocenters. The Balaban J connectivity index is 2.36. The van der Waals surface area contributed by atoms with Crippen LogP contribution in [0, 0.1) is 0 Å². The number of nitrogens with zero attached hydrogens (tertiary/aromatic N) is 2. The van der Waals surface area contributed by atoms with Crippen molar-refractivity contribution in [2.45, 2.75) is 25.8 Å². The minimum Gasteiger partial charge on any atom is -0.308 e. The fourth-order valence-corrected chi connectivity index (χ4v) is 2.73. The van der Waals surface area contributed by atoms with E-state index in [0.717, 1.165) is 17.3 Å². The number of hydrogen-bond acceptors (Lipinski definition) is 2. The van der Waals surface area contributed by atoms with Crippen LogP contribution in [-0.4, -0.2) is 16.3 Å². The SMILES string of the molecule is CCNC(c1c(Cl)cnn1C)C(C)c1ccccc1. The van der Waals surface area contributed by atoms with Crippen LogP contribution < -0.4 is 5.32 Å². The van der Waals surface area contributed by atoms with E-state index in [1.54, 1.807) is 6.20 Å². The third-order valence-electron chi connectivity index (χ3n) is 3.48. The van der Waals surface area contributed by atoms with Gasteiger partial charge in [-0.3, -0.25) is 4.68 Å². The van der Waals surface area contributed by atoms with Crippen molar-refractivity contribution in [2.75, 3.05) is 6.54 Å². The highest BCUT2D eigenvalue weighted by Crippen LogP contribution is 2.33. The van der Waals surface area contributed by atoms with E-state index in [1.807, 2.05) is 17.8 Å². The van der Waals surface area contributed by atoms with Gasteiger partial charge < -0.3 is 5.32 Å². The number of likely N-dealkylation sites (N-methyl/N-ethyl adjacent to an activating group) is 1. The molecule has 2 aromatic rings. The minimum absolute atomic E-state index is 0.160. The molecule has 0 fully saturated rings. The van der Waals surface area contributed by atoms with Crippen LogP contribution in [-0.2, 0) is 7.05 Å². The quantitative estimate of drug-likeness (QED) is 0.906. The second-order valence-electron chi connectivity index (χ2n) is 4.74. The van der Waals surface area contributed by atoms with Crippen LogP contribution >= 0.6 is 11.6 Å². The summed E-state index contributed by atoms with van der Waals surface area (Å²) in [5.41, 5.74) is 2.34. The van der Waals surface area contributed by atoms with E-state index in [0.29, 0.717) is 5.92 Å². The van der Waals surface area contributed by atoms with Crippen molar-refractivity contribution in [1.82, 2.24) is 15.1 Å². The predicted octanol–water partition coefficient (Wildman–Crippen LogP) is 3.53. The fourth-order valence-electron chi connectivity index (χ4n) is 2.45. The van der Waals surface area contributed by atoms with Crippen molar-refractivity contribution in [3.63, 3.8) is 0 Å². The molecule has 0 bridgehead atoms. The van der Waals surface area contributed by atoms with Crippen LogP contribution in [0.3, 0.4) is 0 Å². The zero-order chi connectivity index (χ0) is 13.8. The molecule has 1 N–H and O–H groups in total. The van der Waals surface area contributed by atoms with Gasteiger partial charge in [0, 0.05) is 13.0 Å². The molecule has 2 rings (SSSR count). The number of halogens is 1. The van der Waals surface area contributed by atoms with Crippen LogP contribution in [0.1, 0.15) is 37.1 Å². The monoisotopic (exact) mass is 277 g/mol. The lowest BCUT2D eigenvalue weighted by Crippen LogP contribution is -2.28. The summed E-state index contributed by atoms with van der Waals surface area (Å²) in [5, 5.41) is 8.48. The molecule has 0 aliphatic rings. The summed E-state index contributed by atoms with van der Waals surface area (Å²) < 4.78 is 1.86. The summed E-state index contributed by atoms with van der Waals surface area (Å²) in [5.74, 6) is 0.328. The number of aromatic nitrogens is 2. The van der Waals surface area contributed by atoms with Gasteiger partial charge >= 0.3 is 0 Å². The average Bonchev–Trinajstić information content (AvgIpc) is 2.76. The molecule has 0 spiro atoms. The number of rotatable bonds is 5. The molecular formula is C15H20ClN3. The van der Waals surface area contributed by atoms with E-state index in [-0.39, 0.29) is 6.04 Å². The Morgan fingerprint density at radius 2 is 2.00 bits per heavy atom. The Morgan fingerprint density at radius 1 is 1.32 bits per heavy atom. The molecule has 1 aromatic heterocycles. The minimum atomic E-state index is 0.160. The van der Waals surface area contributed by atoms with Crippen molar-refractivity contribution in [2.24, 2.45) is 7.05 Å². The maximum absolute atomic E-state index is 6.28. The van der Waals surface area contributed by atoms with E-state index >= 15 is 0 Å². The molecule has 4 heteroatoms. The van der Waals surface area contributed by atoms with Gasteiger partial charge in [0.25, 0.3) is 0 Å². The predicted molar refractivity (Wildman–Crippen MR) is 79.5 cm³/mol. The molecule has 19 heavy (non-hydrogen) atoms. The van der Waals surface area contributed by atoms with Gasteiger partial charge in [0.2, 0.25) is 0 Å². The molecule has 0 aliphatic heterocycles. The van der Waals surface area contributed by atoms with Crippen LogP contribution in [0.25, 0.3) is 0 Å². The zero-order valence-electron chi connectivity index (χ0n) is 11.6. The lowest BCUT2D eigenvalue weighted by atomic mass is 9.91. The summed E-state index contributed by atoms with van der Waals surface area (Å²) >= 11 is 6.28. The molecular weight excluding hydrogens is 258 g/mol. The molecule has 1 aromatic carbocycles. The lowest BCUT2D eigenvalue weighted by molar-refractivity contribution is 0.449. The number of aryl methyl sites for hydroxylation is 1. The van der Waals surface area contributed by atoms with Gasteiger partial charge in [-0.1, -0.05) is 55.8 Å². The van der Waals surface area contributed by atoms with Crippen molar-refractivity contribution >= 4 is 11.6 Å². The number of benzene rings is 1. The Labute approximate surface area is 119 Å². The number of hydrogen-bond donors (Lipinski definition) is 1. The first-order chi connectivity index (χ1) is 9.15. The number of nitrogens with one attached hydrogen (secondary N) is 1. The Kier molecular flexibility index (Phi) is 4.61. The normalized spacial score (nSPS) is 14.3. The van der Waals surface area contributed by atoms with Crippen molar-refractivity contribution < 1.29 is 0 Å². The summed E-state index contributed by atoms with van der Waals surface area (Å²) in [6.07, 6.45) is 1.71. The third-order valence-corrected chi connectivity index (χ3v) is 3.77.